The fourth-order valence-electron chi connectivity index (χ4n) is 4.32. The molecule has 1 aliphatic carbocycles. The number of halogens is 1. The van der Waals surface area contributed by atoms with E-state index >= 15 is 0 Å². The lowest BCUT2D eigenvalue weighted by Crippen LogP contribution is -2.34. The Bertz CT molecular complexity index is 1600. The Labute approximate surface area is 251 Å². The Morgan fingerprint density at radius 3 is 2.51 bits per heavy atom. The number of rotatable bonds is 11. The predicted molar refractivity (Wildman–Crippen MR) is 156 cm³/mol. The van der Waals surface area contributed by atoms with Crippen LogP contribution in [0.25, 0.3) is 0 Å². The SMILES string of the molecule is [2H]C([2H])([2H])NC(=O)c1nnc(NC(=O)C2CC2)cc1Nc1cc(F)cc(C(=O)Nc2ccc(NC[C@H]3COCCO3)cc2)c1OC. The van der Waals surface area contributed by atoms with Crippen molar-refractivity contribution in [3.05, 3.63) is 59.5 Å². The van der Waals surface area contributed by atoms with Crippen LogP contribution < -0.4 is 31.3 Å². The average molecular weight is 597 g/mol. The number of ether oxygens (including phenoxy) is 3. The molecule has 0 spiro atoms. The second-order valence-corrected chi connectivity index (χ2v) is 9.85. The van der Waals surface area contributed by atoms with Gasteiger partial charge >= 0.3 is 0 Å². The van der Waals surface area contributed by atoms with E-state index in [1.165, 1.54) is 13.2 Å². The first-order valence-corrected chi connectivity index (χ1v) is 13.5. The maximum absolute atomic E-state index is 14.9. The van der Waals surface area contributed by atoms with Crippen molar-refractivity contribution in [2.24, 2.45) is 5.92 Å². The summed E-state index contributed by atoms with van der Waals surface area (Å²) in [4.78, 5) is 38.4. The van der Waals surface area contributed by atoms with Crippen LogP contribution in [0.1, 0.15) is 37.8 Å². The first-order chi connectivity index (χ1) is 22.0. The number of methoxy groups -OCH3 is 1. The number of hydrogen-bond donors (Lipinski definition) is 5. The Hall–Kier alpha value is -4.82. The van der Waals surface area contributed by atoms with Gasteiger partial charge in [0.2, 0.25) is 5.91 Å². The summed E-state index contributed by atoms with van der Waals surface area (Å²) in [6.07, 6.45) is 1.38. The van der Waals surface area contributed by atoms with E-state index in [-0.39, 0.29) is 46.4 Å². The van der Waals surface area contributed by atoms with Crippen molar-refractivity contribution >= 4 is 46.3 Å². The number of carbonyl (C=O) groups excluding carboxylic acids is 3. The Morgan fingerprint density at radius 2 is 1.81 bits per heavy atom. The number of benzene rings is 2. The Kier molecular flexibility index (Phi) is 8.08. The highest BCUT2D eigenvalue weighted by atomic mass is 19.1. The monoisotopic (exact) mass is 596 g/mol. The van der Waals surface area contributed by atoms with Gasteiger partial charge in [0.25, 0.3) is 11.8 Å². The molecule has 226 valence electrons. The zero-order chi connectivity index (χ0) is 32.8. The molecule has 0 bridgehead atoms. The summed E-state index contributed by atoms with van der Waals surface area (Å²) >= 11 is 0. The van der Waals surface area contributed by atoms with Gasteiger partial charge in [0, 0.05) is 47.1 Å². The van der Waals surface area contributed by atoms with Crippen molar-refractivity contribution in [1.29, 1.82) is 0 Å². The van der Waals surface area contributed by atoms with Crippen LogP contribution in [0, 0.1) is 11.7 Å². The molecular formula is C29H32FN7O6. The highest BCUT2D eigenvalue weighted by Gasteiger charge is 2.30. The zero-order valence-corrected chi connectivity index (χ0v) is 23.2. The molecule has 5 N–H and O–H groups in total. The van der Waals surface area contributed by atoms with Crippen molar-refractivity contribution in [1.82, 2.24) is 15.5 Å². The molecule has 2 aliphatic rings. The fraction of sp³-hybridized carbons (Fsp3) is 0.345. The molecule has 2 aromatic carbocycles. The predicted octanol–water partition coefficient (Wildman–Crippen LogP) is 3.16. The fourth-order valence-corrected chi connectivity index (χ4v) is 4.32. The molecule has 1 aromatic heterocycles. The van der Waals surface area contributed by atoms with Gasteiger partial charge in [0.15, 0.2) is 17.3 Å². The van der Waals surface area contributed by atoms with Crippen molar-refractivity contribution in [2.75, 3.05) is 61.7 Å². The van der Waals surface area contributed by atoms with Crippen LogP contribution >= 0.6 is 0 Å². The van der Waals surface area contributed by atoms with Gasteiger partial charge in [-0.2, -0.15) is 0 Å². The topological polar surface area (TPSA) is 165 Å². The third kappa shape index (κ3) is 7.53. The second kappa shape index (κ2) is 13.4. The zero-order valence-electron chi connectivity index (χ0n) is 26.2. The quantitative estimate of drug-likeness (QED) is 0.222. The lowest BCUT2D eigenvalue weighted by Gasteiger charge is -2.23. The molecule has 14 heteroatoms. The van der Waals surface area contributed by atoms with Gasteiger partial charge in [-0.3, -0.25) is 14.4 Å². The van der Waals surface area contributed by atoms with Gasteiger partial charge in [0.1, 0.15) is 5.82 Å². The van der Waals surface area contributed by atoms with Gasteiger partial charge < -0.3 is 40.8 Å². The first kappa shape index (κ1) is 25.9. The number of hydrogen-bond acceptors (Lipinski definition) is 10. The van der Waals surface area contributed by atoms with Crippen LogP contribution in [0.3, 0.4) is 0 Å². The number of anilines is 5. The third-order valence-electron chi connectivity index (χ3n) is 6.66. The van der Waals surface area contributed by atoms with Crippen LogP contribution in [0.4, 0.5) is 33.0 Å². The van der Waals surface area contributed by atoms with E-state index in [9.17, 15) is 18.8 Å². The molecule has 0 radical (unpaired) electrons. The van der Waals surface area contributed by atoms with E-state index in [1.54, 1.807) is 24.3 Å². The molecule has 1 atom stereocenters. The minimum absolute atomic E-state index is 0.0318. The van der Waals surface area contributed by atoms with E-state index in [0.29, 0.717) is 32.1 Å². The molecule has 1 saturated carbocycles. The average Bonchev–Trinajstić information content (AvgIpc) is 3.86. The van der Waals surface area contributed by atoms with E-state index < -0.39 is 30.3 Å². The molecule has 43 heavy (non-hydrogen) atoms. The van der Waals surface area contributed by atoms with Crippen molar-refractivity contribution in [2.45, 2.75) is 18.9 Å². The number of aromatic nitrogens is 2. The van der Waals surface area contributed by atoms with Gasteiger partial charge in [-0.1, -0.05) is 0 Å². The highest BCUT2D eigenvalue weighted by molar-refractivity contribution is 6.08. The summed E-state index contributed by atoms with van der Waals surface area (Å²) in [5.41, 5.74) is 0.349. The van der Waals surface area contributed by atoms with Crippen molar-refractivity contribution < 1.29 is 37.1 Å². The largest absolute Gasteiger partial charge is 0.494 e. The van der Waals surface area contributed by atoms with E-state index in [2.05, 4.69) is 31.5 Å². The Balaban J connectivity index is 1.36. The number of nitrogens with zero attached hydrogens (tertiary/aromatic N) is 2. The smallest absolute Gasteiger partial charge is 0.273 e. The number of nitrogens with one attached hydrogen (secondary N) is 5. The summed E-state index contributed by atoms with van der Waals surface area (Å²) in [5, 5.41) is 20.8. The van der Waals surface area contributed by atoms with E-state index in [1.807, 2.05) is 5.32 Å². The van der Waals surface area contributed by atoms with Gasteiger partial charge in [-0.25, -0.2) is 4.39 Å². The summed E-state index contributed by atoms with van der Waals surface area (Å²) in [5.74, 6) is -3.21. The van der Waals surface area contributed by atoms with Crippen molar-refractivity contribution in [3.8, 4) is 5.75 Å². The number of carbonyl (C=O) groups is 3. The molecular weight excluding hydrogens is 561 g/mol. The highest BCUT2D eigenvalue weighted by Crippen LogP contribution is 2.35. The summed E-state index contributed by atoms with van der Waals surface area (Å²) < 4.78 is 53.5. The third-order valence-corrected chi connectivity index (χ3v) is 6.66. The minimum atomic E-state index is -2.84. The normalized spacial score (nSPS) is 17.4. The summed E-state index contributed by atoms with van der Waals surface area (Å²) in [6.45, 7) is -0.684. The van der Waals surface area contributed by atoms with Crippen LogP contribution in [0.15, 0.2) is 42.5 Å². The molecule has 2 heterocycles. The van der Waals surface area contributed by atoms with Crippen LogP contribution in [0.5, 0.6) is 5.75 Å². The van der Waals surface area contributed by atoms with Gasteiger partial charge in [-0.15, -0.1) is 10.2 Å². The summed E-state index contributed by atoms with van der Waals surface area (Å²) in [6, 6.07) is 10.1. The molecule has 5 rings (SSSR count). The molecule has 13 nitrogen and oxygen atoms in total. The molecule has 1 saturated heterocycles. The minimum Gasteiger partial charge on any atom is -0.494 e. The molecule has 0 unspecified atom stereocenters. The summed E-state index contributed by atoms with van der Waals surface area (Å²) in [7, 11) is 1.27. The van der Waals surface area contributed by atoms with E-state index in [4.69, 9.17) is 18.3 Å². The van der Waals surface area contributed by atoms with E-state index in [0.717, 1.165) is 30.7 Å². The van der Waals surface area contributed by atoms with Gasteiger partial charge in [-0.05, 0) is 43.2 Å². The number of amides is 3. The molecule has 3 amide bonds. The second-order valence-electron chi connectivity index (χ2n) is 9.85. The lowest BCUT2D eigenvalue weighted by atomic mass is 10.1. The van der Waals surface area contributed by atoms with Gasteiger partial charge in [0.05, 0.1) is 50.0 Å². The van der Waals surface area contributed by atoms with Crippen LogP contribution in [-0.4, -0.2) is 74.5 Å². The molecule has 3 aromatic rings. The maximum atomic E-state index is 14.9. The van der Waals surface area contributed by atoms with Crippen LogP contribution in [0.2, 0.25) is 0 Å². The molecule has 1 aliphatic heterocycles. The van der Waals surface area contributed by atoms with Crippen LogP contribution in [-0.2, 0) is 14.3 Å². The molecule has 2 fully saturated rings. The maximum Gasteiger partial charge on any atom is 0.273 e. The standard InChI is InChI=1S/C29H32FN7O6/c1-31-29(40)25-22(13-24(36-37-25)35-27(38)16-3-4-16)34-23-12-17(30)11-21(26(23)41-2)28(39)33-19-7-5-18(6-8-19)32-14-20-15-42-9-10-43-20/h5-8,11-13,16,20,32H,3-4,9-10,14-15H2,1-2H3,(H,31,40)(H,33,39)(H2,34,35,36,38)/t20-/m0/s1/i1D3. The first-order valence-electron chi connectivity index (χ1n) is 15.0. The Morgan fingerprint density at radius 1 is 1.02 bits per heavy atom. The lowest BCUT2D eigenvalue weighted by molar-refractivity contribution is -0.117. The van der Waals surface area contributed by atoms with Crippen molar-refractivity contribution in [3.63, 3.8) is 0 Å².